The third kappa shape index (κ3) is 2.47. The van der Waals surface area contributed by atoms with Crippen LogP contribution >= 0.6 is 11.3 Å². The van der Waals surface area contributed by atoms with Gasteiger partial charge in [0.1, 0.15) is 5.75 Å². The van der Waals surface area contributed by atoms with Gasteiger partial charge in [-0.15, -0.1) is 5.75 Å². The van der Waals surface area contributed by atoms with Crippen molar-refractivity contribution in [2.75, 3.05) is 0 Å². The van der Waals surface area contributed by atoms with E-state index in [4.69, 9.17) is 4.74 Å². The molecule has 1 aliphatic heterocycles. The van der Waals surface area contributed by atoms with Crippen LogP contribution in [0.3, 0.4) is 0 Å². The fourth-order valence-electron chi connectivity index (χ4n) is 2.81. The van der Waals surface area contributed by atoms with Gasteiger partial charge in [0.15, 0.2) is 11.1 Å². The van der Waals surface area contributed by atoms with Gasteiger partial charge < -0.3 is 9.84 Å². The minimum absolute atomic E-state index is 0.00250. The van der Waals surface area contributed by atoms with E-state index in [1.807, 2.05) is 20.8 Å². The maximum atomic E-state index is 12.6. The smallest absolute Gasteiger partial charge is 0.253 e. The van der Waals surface area contributed by atoms with Crippen LogP contribution in [0.4, 0.5) is 0 Å². The highest BCUT2D eigenvalue weighted by Gasteiger charge is 2.41. The largest absolute Gasteiger partial charge is 0.872 e. The van der Waals surface area contributed by atoms with Crippen LogP contribution in [0.2, 0.25) is 0 Å². The number of carbonyl (C=O) groups is 1. The number of fused-ring (bicyclic) bond motifs is 1. The second kappa shape index (κ2) is 5.35. The zero-order valence-corrected chi connectivity index (χ0v) is 13.7. The van der Waals surface area contributed by atoms with Gasteiger partial charge in [-0.05, 0) is 44.7 Å². The molecule has 116 valence electrons. The summed E-state index contributed by atoms with van der Waals surface area (Å²) in [7, 11) is 0. The van der Waals surface area contributed by atoms with Gasteiger partial charge in [0.2, 0.25) is 12.3 Å². The van der Waals surface area contributed by atoms with E-state index < -0.39 is 5.60 Å². The number of ketones is 1. The van der Waals surface area contributed by atoms with Crippen molar-refractivity contribution >= 4 is 17.1 Å². The van der Waals surface area contributed by atoms with Crippen LogP contribution in [0.15, 0.2) is 17.1 Å². The standard InChI is InChI=1S/C16H18N2O3S/c1-10-6-13(19)11(2)12-4-5-16(3,21-15(10)12)14(20)7-18-9-22-8-17-18/h6,8-9H,4-5,7H2,1-3H3. The zero-order valence-electron chi connectivity index (χ0n) is 12.9. The van der Waals surface area contributed by atoms with Crippen molar-refractivity contribution in [2.24, 2.45) is 0 Å². The fraction of sp³-hybridized carbons (Fsp3) is 0.438. The molecule has 0 N–H and O–H groups in total. The summed E-state index contributed by atoms with van der Waals surface area (Å²) in [5, 5.41) is 16.0. The molecule has 5 nitrogen and oxygen atoms in total. The van der Waals surface area contributed by atoms with E-state index in [0.717, 1.165) is 16.7 Å². The normalized spacial score (nSPS) is 20.3. The molecule has 0 fully saturated rings. The number of hydrogen-bond donors (Lipinski definition) is 0. The molecule has 1 aromatic heterocycles. The monoisotopic (exact) mass is 318 g/mol. The van der Waals surface area contributed by atoms with E-state index in [1.165, 1.54) is 11.3 Å². The first kappa shape index (κ1) is 15.0. The molecule has 2 heterocycles. The van der Waals surface area contributed by atoms with E-state index in [0.29, 0.717) is 18.6 Å². The number of rotatable bonds is 3. The van der Waals surface area contributed by atoms with Crippen molar-refractivity contribution in [1.29, 1.82) is 0 Å². The lowest BCUT2D eigenvalue weighted by Crippen LogP contribution is -2.52. The summed E-state index contributed by atoms with van der Waals surface area (Å²) >= 11 is 1.45. The summed E-state index contributed by atoms with van der Waals surface area (Å²) in [6, 6.07) is 1.58. The molecule has 0 radical (unpaired) electrons. The summed E-state index contributed by atoms with van der Waals surface area (Å²) in [5.74, 6) is 0.729. The highest BCUT2D eigenvalue weighted by molar-refractivity contribution is 7.06. The number of aryl methyl sites for hydroxylation is 1. The summed E-state index contributed by atoms with van der Waals surface area (Å²) in [6.45, 7) is 5.70. The molecule has 1 atom stereocenters. The minimum Gasteiger partial charge on any atom is -0.872 e. The first-order valence-corrected chi connectivity index (χ1v) is 8.15. The van der Waals surface area contributed by atoms with Crippen molar-refractivity contribution < 1.29 is 19.3 Å². The molecule has 22 heavy (non-hydrogen) atoms. The molecule has 3 rings (SSSR count). The third-order valence-electron chi connectivity index (χ3n) is 4.32. The molecule has 0 aliphatic carbocycles. The molecule has 1 aromatic carbocycles. The van der Waals surface area contributed by atoms with Gasteiger partial charge >= 0.3 is 0 Å². The van der Waals surface area contributed by atoms with E-state index in [-0.39, 0.29) is 18.1 Å². The molecule has 0 saturated heterocycles. The van der Waals surface area contributed by atoms with Gasteiger partial charge in [0.05, 0.1) is 0 Å². The minimum atomic E-state index is -0.870. The molecule has 0 spiro atoms. The molecule has 0 saturated carbocycles. The lowest BCUT2D eigenvalue weighted by molar-refractivity contribution is -0.737. The Bertz CT molecular complexity index is 727. The Kier molecular flexibility index (Phi) is 3.64. The number of carbonyl (C=O) groups excluding carboxylic acids is 1. The zero-order chi connectivity index (χ0) is 15.9. The predicted octanol–water partition coefficient (Wildman–Crippen LogP) is 1.47. The predicted molar refractivity (Wildman–Crippen MR) is 80.0 cm³/mol. The van der Waals surface area contributed by atoms with E-state index in [1.54, 1.807) is 21.8 Å². The van der Waals surface area contributed by atoms with Crippen LogP contribution in [0.5, 0.6) is 11.5 Å². The van der Waals surface area contributed by atoms with Crippen LogP contribution in [0, 0.1) is 13.8 Å². The fourth-order valence-corrected chi connectivity index (χ4v) is 3.31. The maximum Gasteiger partial charge on any atom is 0.253 e. The van der Waals surface area contributed by atoms with Crippen LogP contribution in [-0.2, 0) is 17.8 Å². The second-order valence-corrected chi connectivity index (χ2v) is 6.63. The summed E-state index contributed by atoms with van der Waals surface area (Å²) in [5.41, 5.74) is 5.09. The van der Waals surface area contributed by atoms with Gasteiger partial charge in [0.25, 0.3) is 5.51 Å². The molecule has 6 heteroatoms. The SMILES string of the molecule is Cc1cc([O-])c(C)c2c1OC(C)(C(=O)C[n+]1cscn1)CC2. The quantitative estimate of drug-likeness (QED) is 0.804. The van der Waals surface area contributed by atoms with Gasteiger partial charge in [-0.1, -0.05) is 27.6 Å². The molecule has 0 bridgehead atoms. The molecular weight excluding hydrogens is 300 g/mol. The molecule has 2 aromatic rings. The summed E-state index contributed by atoms with van der Waals surface area (Å²) in [6.07, 6.45) is 1.26. The number of nitrogens with zero attached hydrogens (tertiary/aromatic N) is 2. The second-order valence-electron chi connectivity index (χ2n) is 5.94. The summed E-state index contributed by atoms with van der Waals surface area (Å²) < 4.78 is 7.69. The van der Waals surface area contributed by atoms with Crippen LogP contribution in [0.1, 0.15) is 30.0 Å². The topological polar surface area (TPSA) is 66.1 Å². The van der Waals surface area contributed by atoms with Gasteiger partial charge in [0, 0.05) is 5.10 Å². The van der Waals surface area contributed by atoms with E-state index in [9.17, 15) is 9.90 Å². The Morgan fingerprint density at radius 1 is 1.55 bits per heavy atom. The lowest BCUT2D eigenvalue weighted by Gasteiger charge is -2.36. The average Bonchev–Trinajstić information content (AvgIpc) is 2.98. The van der Waals surface area contributed by atoms with Crippen LogP contribution in [0.25, 0.3) is 0 Å². The number of ether oxygens (including phenoxy) is 1. The van der Waals surface area contributed by atoms with Gasteiger partial charge in [-0.25, -0.2) is 0 Å². The van der Waals surface area contributed by atoms with Crippen LogP contribution in [-0.4, -0.2) is 16.5 Å². The first-order chi connectivity index (χ1) is 10.4. The van der Waals surface area contributed by atoms with Crippen molar-refractivity contribution in [3.63, 3.8) is 0 Å². The molecule has 0 amide bonds. The Balaban J connectivity index is 1.89. The Morgan fingerprint density at radius 3 is 3.00 bits per heavy atom. The number of aromatic nitrogens is 2. The first-order valence-electron chi connectivity index (χ1n) is 7.21. The van der Waals surface area contributed by atoms with Crippen molar-refractivity contribution in [2.45, 2.75) is 45.8 Å². The average molecular weight is 318 g/mol. The van der Waals surface area contributed by atoms with Crippen molar-refractivity contribution in [1.82, 2.24) is 5.10 Å². The number of hydrogen-bond acceptors (Lipinski definition) is 5. The van der Waals surface area contributed by atoms with E-state index >= 15 is 0 Å². The van der Waals surface area contributed by atoms with E-state index in [2.05, 4.69) is 5.10 Å². The highest BCUT2D eigenvalue weighted by atomic mass is 32.1. The molecule has 1 unspecified atom stereocenters. The van der Waals surface area contributed by atoms with Crippen LogP contribution < -0.4 is 14.5 Å². The molecule has 1 aliphatic rings. The number of Topliss-reactive ketones (excluding diaryl/α,β-unsaturated/α-hetero) is 1. The number of benzene rings is 1. The summed E-state index contributed by atoms with van der Waals surface area (Å²) in [4.78, 5) is 12.6. The Hall–Kier alpha value is -1.95. The van der Waals surface area contributed by atoms with Gasteiger partial charge in [-0.3, -0.25) is 4.79 Å². The third-order valence-corrected chi connectivity index (χ3v) is 4.90. The Morgan fingerprint density at radius 2 is 2.32 bits per heavy atom. The maximum absolute atomic E-state index is 12.6. The Labute approximate surface area is 133 Å². The van der Waals surface area contributed by atoms with Crippen molar-refractivity contribution in [3.8, 4) is 11.5 Å². The van der Waals surface area contributed by atoms with Crippen molar-refractivity contribution in [3.05, 3.63) is 33.8 Å². The lowest BCUT2D eigenvalue weighted by atomic mass is 9.86. The highest BCUT2D eigenvalue weighted by Crippen LogP contribution is 2.40. The van der Waals surface area contributed by atoms with Gasteiger partial charge in [-0.2, -0.15) is 0 Å². The molecular formula is C16H18N2O3S.